The molecule has 0 heterocycles. The van der Waals surface area contributed by atoms with Gasteiger partial charge in [0.2, 0.25) is 5.91 Å². The molecule has 1 amide bonds. The average Bonchev–Trinajstić information content (AvgIpc) is 2.97. The number of hydrogen-bond acceptors (Lipinski definition) is 2. The van der Waals surface area contributed by atoms with Crippen LogP contribution in [0.2, 0.25) is 0 Å². The molecule has 0 aliphatic heterocycles. The van der Waals surface area contributed by atoms with Gasteiger partial charge in [-0.3, -0.25) is 4.79 Å². The summed E-state index contributed by atoms with van der Waals surface area (Å²) in [6.07, 6.45) is 12.8. The molecule has 0 aromatic heterocycles. The highest BCUT2D eigenvalue weighted by atomic mass is 16.3. The van der Waals surface area contributed by atoms with E-state index >= 15 is 0 Å². The van der Waals surface area contributed by atoms with Gasteiger partial charge in [0.05, 0.1) is 6.61 Å². The van der Waals surface area contributed by atoms with E-state index in [1.54, 1.807) is 0 Å². The molecule has 2 saturated carbocycles. The summed E-state index contributed by atoms with van der Waals surface area (Å²) in [6, 6.07) is 0. The number of nitrogens with one attached hydrogen (secondary N) is 1. The Labute approximate surface area is 171 Å². The van der Waals surface area contributed by atoms with Gasteiger partial charge in [0.15, 0.2) is 0 Å². The zero-order valence-corrected chi connectivity index (χ0v) is 18.5. The van der Waals surface area contributed by atoms with E-state index in [-0.39, 0.29) is 34.8 Å². The first-order valence-electron chi connectivity index (χ1n) is 11.4. The predicted molar refractivity (Wildman–Crippen MR) is 114 cm³/mol. The van der Waals surface area contributed by atoms with Crippen LogP contribution in [-0.4, -0.2) is 23.2 Å². The van der Waals surface area contributed by atoms with E-state index in [2.05, 4.69) is 52.1 Å². The first-order valence-corrected chi connectivity index (χ1v) is 11.4. The molecule has 4 rings (SSSR count). The van der Waals surface area contributed by atoms with Crippen molar-refractivity contribution in [3.05, 3.63) is 23.3 Å². The predicted octanol–water partition coefficient (Wildman–Crippen LogP) is 5.01. The maximum atomic E-state index is 13.1. The van der Waals surface area contributed by atoms with Crippen molar-refractivity contribution in [2.45, 2.75) is 85.1 Å². The second kappa shape index (κ2) is 6.72. The van der Waals surface area contributed by atoms with Gasteiger partial charge in [-0.25, -0.2) is 0 Å². The highest BCUT2D eigenvalue weighted by molar-refractivity contribution is 5.80. The van der Waals surface area contributed by atoms with Gasteiger partial charge in [-0.2, -0.15) is 0 Å². The number of fused-ring (bicyclic) bond motifs is 5. The van der Waals surface area contributed by atoms with Crippen LogP contribution < -0.4 is 5.32 Å². The zero-order chi connectivity index (χ0) is 20.3. The summed E-state index contributed by atoms with van der Waals surface area (Å²) in [5.41, 5.74) is 2.93. The lowest BCUT2D eigenvalue weighted by Crippen LogP contribution is -2.52. The molecule has 2 N–H and O–H groups in total. The van der Waals surface area contributed by atoms with Gasteiger partial charge in [0, 0.05) is 11.5 Å². The third kappa shape index (κ3) is 3.09. The van der Waals surface area contributed by atoms with Crippen molar-refractivity contribution in [2.24, 2.45) is 34.5 Å². The van der Waals surface area contributed by atoms with Crippen molar-refractivity contribution in [1.82, 2.24) is 5.32 Å². The Bertz CT molecular complexity index is 715. The fourth-order valence-electron chi connectivity index (χ4n) is 7.40. The van der Waals surface area contributed by atoms with Crippen molar-refractivity contribution in [3.8, 4) is 0 Å². The van der Waals surface area contributed by atoms with Crippen LogP contribution in [-0.2, 0) is 4.79 Å². The largest absolute Gasteiger partial charge is 0.392 e. The van der Waals surface area contributed by atoms with Crippen molar-refractivity contribution in [2.75, 3.05) is 6.61 Å². The maximum Gasteiger partial charge on any atom is 0.224 e. The van der Waals surface area contributed by atoms with Gasteiger partial charge in [0.1, 0.15) is 0 Å². The van der Waals surface area contributed by atoms with Crippen LogP contribution in [0, 0.1) is 34.5 Å². The Hall–Kier alpha value is -1.09. The standard InChI is InChI=1S/C25H39NO2/c1-23(2,3)26-22(28)21-9-8-19-18-7-6-17-14-16(15-27)10-12-24(17,4)20(18)11-13-25(19,21)5/h6,14,18-21,27H,7-13,15H2,1-5H3,(H,26,28)/t18?,19?,20?,21-,24+,25+/m1/s1. The first kappa shape index (κ1) is 20.2. The van der Waals surface area contributed by atoms with Crippen molar-refractivity contribution in [1.29, 1.82) is 0 Å². The number of aliphatic hydroxyl groups is 1. The van der Waals surface area contributed by atoms with Gasteiger partial charge in [-0.1, -0.05) is 26.0 Å². The molecule has 3 unspecified atom stereocenters. The minimum atomic E-state index is -0.155. The number of carbonyl (C=O) groups excluding carboxylic acids is 1. The molecule has 0 spiro atoms. The van der Waals surface area contributed by atoms with Crippen LogP contribution >= 0.6 is 0 Å². The summed E-state index contributed by atoms with van der Waals surface area (Å²) >= 11 is 0. The minimum Gasteiger partial charge on any atom is -0.392 e. The second-order valence-corrected chi connectivity index (χ2v) is 11.6. The van der Waals surface area contributed by atoms with Crippen LogP contribution in [0.5, 0.6) is 0 Å². The average molecular weight is 386 g/mol. The summed E-state index contributed by atoms with van der Waals surface area (Å²) in [5.74, 6) is 2.56. The number of allylic oxidation sites excluding steroid dienone is 3. The quantitative estimate of drug-likeness (QED) is 0.702. The minimum absolute atomic E-state index is 0.152. The van der Waals surface area contributed by atoms with Crippen LogP contribution in [0.4, 0.5) is 0 Å². The van der Waals surface area contributed by atoms with E-state index in [9.17, 15) is 9.90 Å². The normalized spacial score (nSPS) is 42.6. The van der Waals surface area contributed by atoms with Crippen molar-refractivity contribution >= 4 is 5.91 Å². The molecule has 0 aromatic carbocycles. The summed E-state index contributed by atoms with van der Waals surface area (Å²) in [4.78, 5) is 13.1. The summed E-state index contributed by atoms with van der Waals surface area (Å²) in [7, 11) is 0. The fourth-order valence-corrected chi connectivity index (χ4v) is 7.40. The molecule has 3 heteroatoms. The molecular weight excluding hydrogens is 346 g/mol. The summed E-state index contributed by atoms with van der Waals surface area (Å²) < 4.78 is 0. The molecule has 4 aliphatic carbocycles. The lowest BCUT2D eigenvalue weighted by molar-refractivity contribution is -0.133. The van der Waals surface area contributed by atoms with Crippen LogP contribution in [0.25, 0.3) is 0 Å². The van der Waals surface area contributed by atoms with Gasteiger partial charge >= 0.3 is 0 Å². The Morgan fingerprint density at radius 2 is 1.93 bits per heavy atom. The number of carbonyl (C=O) groups is 1. The van der Waals surface area contributed by atoms with Gasteiger partial charge in [0.25, 0.3) is 0 Å². The monoisotopic (exact) mass is 385 g/mol. The molecule has 28 heavy (non-hydrogen) atoms. The van der Waals surface area contributed by atoms with E-state index < -0.39 is 0 Å². The summed E-state index contributed by atoms with van der Waals surface area (Å²) in [6.45, 7) is 11.3. The second-order valence-electron chi connectivity index (χ2n) is 11.6. The van der Waals surface area contributed by atoms with Crippen molar-refractivity contribution in [3.63, 3.8) is 0 Å². The molecule has 0 saturated heterocycles. The Kier molecular flexibility index (Phi) is 4.85. The molecule has 3 nitrogen and oxygen atoms in total. The molecule has 156 valence electrons. The molecule has 6 atom stereocenters. The zero-order valence-electron chi connectivity index (χ0n) is 18.5. The Morgan fingerprint density at radius 3 is 2.61 bits per heavy atom. The molecule has 0 bridgehead atoms. The molecule has 4 aliphatic rings. The highest BCUT2D eigenvalue weighted by Gasteiger charge is 2.59. The third-order valence-electron chi connectivity index (χ3n) is 8.87. The fraction of sp³-hybridized carbons (Fsp3) is 0.800. The van der Waals surface area contributed by atoms with E-state index in [0.29, 0.717) is 11.8 Å². The van der Waals surface area contributed by atoms with Crippen molar-refractivity contribution < 1.29 is 9.90 Å². The van der Waals surface area contributed by atoms with E-state index in [0.717, 1.165) is 25.2 Å². The van der Waals surface area contributed by atoms with Crippen LogP contribution in [0.15, 0.2) is 23.3 Å². The first-order chi connectivity index (χ1) is 13.1. The van der Waals surface area contributed by atoms with Gasteiger partial charge in [-0.05, 0) is 105 Å². The number of aliphatic hydroxyl groups excluding tert-OH is 1. The molecule has 0 aromatic rings. The number of rotatable bonds is 2. The van der Waals surface area contributed by atoms with E-state index in [1.807, 2.05) is 0 Å². The highest BCUT2D eigenvalue weighted by Crippen LogP contribution is 2.66. The number of hydrogen-bond donors (Lipinski definition) is 2. The Morgan fingerprint density at radius 1 is 1.18 bits per heavy atom. The lowest BCUT2D eigenvalue weighted by atomic mass is 9.48. The third-order valence-corrected chi connectivity index (χ3v) is 8.87. The Balaban J connectivity index is 1.59. The number of amides is 1. The van der Waals surface area contributed by atoms with Gasteiger partial charge in [-0.15, -0.1) is 0 Å². The topological polar surface area (TPSA) is 49.3 Å². The van der Waals surface area contributed by atoms with Gasteiger partial charge < -0.3 is 10.4 Å². The SMILES string of the molecule is CC(C)(C)NC(=O)[C@H]1CCC2C3CC=C4C=C(CO)CC[C@]4(C)C3CC[C@@]21C. The molecular formula is C25H39NO2. The molecule has 0 radical (unpaired) electrons. The molecule has 2 fully saturated rings. The smallest absolute Gasteiger partial charge is 0.224 e. The van der Waals surface area contributed by atoms with Crippen LogP contribution in [0.1, 0.15) is 79.6 Å². The lowest BCUT2D eigenvalue weighted by Gasteiger charge is -2.57. The maximum absolute atomic E-state index is 13.1. The van der Waals surface area contributed by atoms with E-state index in [4.69, 9.17) is 0 Å². The van der Waals surface area contributed by atoms with Crippen LogP contribution in [0.3, 0.4) is 0 Å². The van der Waals surface area contributed by atoms with E-state index in [1.165, 1.54) is 36.8 Å². The summed E-state index contributed by atoms with van der Waals surface area (Å²) in [5, 5.41) is 12.9.